The van der Waals surface area contributed by atoms with Crippen LogP contribution in [0.15, 0.2) is 0 Å². The van der Waals surface area contributed by atoms with E-state index >= 15 is 0 Å². The standard InChI is InChI=1S/C10H17N/c1-2-3-4-6-10(9-11)7-5-8-10/h2-8H2,1H3. The zero-order valence-electron chi connectivity index (χ0n) is 7.40. The second-order valence-electron chi connectivity index (χ2n) is 3.70. The Morgan fingerprint density at radius 1 is 1.36 bits per heavy atom. The van der Waals surface area contributed by atoms with Gasteiger partial charge in [0.15, 0.2) is 0 Å². The molecule has 0 bridgehead atoms. The molecular formula is C10H17N. The minimum absolute atomic E-state index is 0.120. The first-order chi connectivity index (χ1) is 5.33. The molecule has 0 spiro atoms. The van der Waals surface area contributed by atoms with Crippen LogP contribution in [0.5, 0.6) is 0 Å². The van der Waals surface area contributed by atoms with Gasteiger partial charge < -0.3 is 0 Å². The third kappa shape index (κ3) is 1.96. The fourth-order valence-electron chi connectivity index (χ4n) is 1.73. The van der Waals surface area contributed by atoms with Gasteiger partial charge in [0.25, 0.3) is 0 Å². The van der Waals surface area contributed by atoms with Crippen LogP contribution in [0.1, 0.15) is 51.9 Å². The Hall–Kier alpha value is -0.510. The molecule has 0 amide bonds. The number of unbranched alkanes of at least 4 members (excludes halogenated alkanes) is 2. The van der Waals surface area contributed by atoms with E-state index in [0.717, 1.165) is 19.3 Å². The van der Waals surface area contributed by atoms with Crippen LogP contribution in [0.25, 0.3) is 0 Å². The van der Waals surface area contributed by atoms with Crippen LogP contribution >= 0.6 is 0 Å². The molecular weight excluding hydrogens is 134 g/mol. The zero-order valence-corrected chi connectivity index (χ0v) is 7.40. The largest absolute Gasteiger partial charge is 0.198 e. The van der Waals surface area contributed by atoms with Gasteiger partial charge in [-0.2, -0.15) is 5.26 Å². The van der Waals surface area contributed by atoms with Crippen LogP contribution in [-0.2, 0) is 0 Å². The molecule has 1 heteroatoms. The first-order valence-electron chi connectivity index (χ1n) is 4.74. The highest BCUT2D eigenvalue weighted by atomic mass is 14.4. The van der Waals surface area contributed by atoms with Crippen molar-refractivity contribution in [1.29, 1.82) is 5.26 Å². The van der Waals surface area contributed by atoms with Crippen molar-refractivity contribution in [1.82, 2.24) is 0 Å². The first kappa shape index (κ1) is 8.59. The summed E-state index contributed by atoms with van der Waals surface area (Å²) in [5.41, 5.74) is 0.120. The third-order valence-corrected chi connectivity index (χ3v) is 2.81. The molecule has 1 saturated carbocycles. The van der Waals surface area contributed by atoms with Crippen molar-refractivity contribution >= 4 is 0 Å². The summed E-state index contributed by atoms with van der Waals surface area (Å²) in [4.78, 5) is 0. The molecule has 0 unspecified atom stereocenters. The lowest BCUT2D eigenvalue weighted by Gasteiger charge is -2.35. The second kappa shape index (κ2) is 3.76. The van der Waals surface area contributed by atoms with E-state index < -0.39 is 0 Å². The van der Waals surface area contributed by atoms with Gasteiger partial charge in [0, 0.05) is 0 Å². The zero-order chi connectivity index (χ0) is 8.16. The lowest BCUT2D eigenvalue weighted by molar-refractivity contribution is 0.192. The van der Waals surface area contributed by atoms with E-state index in [1.54, 1.807) is 0 Å². The topological polar surface area (TPSA) is 23.8 Å². The summed E-state index contributed by atoms with van der Waals surface area (Å²) in [6.45, 7) is 2.21. The molecule has 0 radical (unpaired) electrons. The Labute approximate surface area is 69.4 Å². The lowest BCUT2D eigenvalue weighted by Crippen LogP contribution is -2.27. The van der Waals surface area contributed by atoms with Gasteiger partial charge in [-0.15, -0.1) is 0 Å². The third-order valence-electron chi connectivity index (χ3n) is 2.81. The van der Waals surface area contributed by atoms with Gasteiger partial charge in [-0.1, -0.05) is 32.6 Å². The fourth-order valence-corrected chi connectivity index (χ4v) is 1.73. The average molecular weight is 151 g/mol. The summed E-state index contributed by atoms with van der Waals surface area (Å²) in [6.07, 6.45) is 8.56. The molecule has 1 rings (SSSR count). The van der Waals surface area contributed by atoms with E-state index in [4.69, 9.17) is 5.26 Å². The van der Waals surface area contributed by atoms with E-state index in [9.17, 15) is 0 Å². The van der Waals surface area contributed by atoms with Crippen molar-refractivity contribution in [2.24, 2.45) is 5.41 Å². The van der Waals surface area contributed by atoms with E-state index in [2.05, 4.69) is 13.0 Å². The Bertz CT molecular complexity index is 151. The maximum absolute atomic E-state index is 8.89. The molecule has 0 aromatic rings. The van der Waals surface area contributed by atoms with Gasteiger partial charge in [0.05, 0.1) is 11.5 Å². The minimum Gasteiger partial charge on any atom is -0.198 e. The predicted octanol–water partition coefficient (Wildman–Crippen LogP) is 3.26. The maximum atomic E-state index is 8.89. The van der Waals surface area contributed by atoms with Crippen LogP contribution < -0.4 is 0 Å². The molecule has 0 heterocycles. The highest BCUT2D eigenvalue weighted by Crippen LogP contribution is 2.44. The van der Waals surface area contributed by atoms with Gasteiger partial charge >= 0.3 is 0 Å². The molecule has 0 aliphatic heterocycles. The number of nitrogens with zero attached hydrogens (tertiary/aromatic N) is 1. The highest BCUT2D eigenvalue weighted by molar-refractivity contribution is 5.04. The summed E-state index contributed by atoms with van der Waals surface area (Å²) < 4.78 is 0. The quantitative estimate of drug-likeness (QED) is 0.566. The number of hydrogen-bond donors (Lipinski definition) is 0. The monoisotopic (exact) mass is 151 g/mol. The number of rotatable bonds is 4. The first-order valence-corrected chi connectivity index (χ1v) is 4.74. The minimum atomic E-state index is 0.120. The van der Waals surface area contributed by atoms with Crippen molar-refractivity contribution in [3.63, 3.8) is 0 Å². The molecule has 1 aliphatic carbocycles. The van der Waals surface area contributed by atoms with Crippen LogP contribution in [-0.4, -0.2) is 0 Å². The van der Waals surface area contributed by atoms with Crippen molar-refractivity contribution in [2.75, 3.05) is 0 Å². The van der Waals surface area contributed by atoms with E-state index in [0.29, 0.717) is 0 Å². The molecule has 0 aromatic heterocycles. The second-order valence-corrected chi connectivity index (χ2v) is 3.70. The smallest absolute Gasteiger partial charge is 0.0689 e. The van der Waals surface area contributed by atoms with Crippen LogP contribution in [0, 0.1) is 16.7 Å². The molecule has 0 atom stereocenters. The van der Waals surface area contributed by atoms with Gasteiger partial charge in [-0.3, -0.25) is 0 Å². The van der Waals surface area contributed by atoms with Gasteiger partial charge in [0.2, 0.25) is 0 Å². The Balaban J connectivity index is 2.18. The Morgan fingerprint density at radius 2 is 2.09 bits per heavy atom. The van der Waals surface area contributed by atoms with Crippen LogP contribution in [0.2, 0.25) is 0 Å². The summed E-state index contributed by atoms with van der Waals surface area (Å²) in [7, 11) is 0. The molecule has 0 saturated heterocycles. The Kier molecular flexibility index (Phi) is 2.93. The fraction of sp³-hybridized carbons (Fsp3) is 0.900. The van der Waals surface area contributed by atoms with Gasteiger partial charge in [-0.25, -0.2) is 0 Å². The maximum Gasteiger partial charge on any atom is 0.0689 e. The van der Waals surface area contributed by atoms with Crippen LogP contribution in [0.3, 0.4) is 0 Å². The summed E-state index contributed by atoms with van der Waals surface area (Å²) in [6, 6.07) is 2.47. The predicted molar refractivity (Wildman–Crippen MR) is 46.0 cm³/mol. The lowest BCUT2D eigenvalue weighted by atomic mass is 9.67. The number of hydrogen-bond acceptors (Lipinski definition) is 1. The van der Waals surface area contributed by atoms with Crippen molar-refractivity contribution in [3.8, 4) is 6.07 Å². The van der Waals surface area contributed by atoms with E-state index in [1.165, 1.54) is 25.7 Å². The molecule has 11 heavy (non-hydrogen) atoms. The highest BCUT2D eigenvalue weighted by Gasteiger charge is 2.35. The van der Waals surface area contributed by atoms with Crippen molar-refractivity contribution in [2.45, 2.75) is 51.9 Å². The molecule has 1 fully saturated rings. The molecule has 0 N–H and O–H groups in total. The SMILES string of the molecule is CCCCCC1(C#N)CCC1. The summed E-state index contributed by atoms with van der Waals surface area (Å²) >= 11 is 0. The normalized spacial score (nSPS) is 20.4. The summed E-state index contributed by atoms with van der Waals surface area (Å²) in [5, 5.41) is 8.89. The van der Waals surface area contributed by atoms with E-state index in [1.807, 2.05) is 0 Å². The molecule has 1 nitrogen and oxygen atoms in total. The Morgan fingerprint density at radius 3 is 2.45 bits per heavy atom. The number of nitriles is 1. The molecule has 0 aromatic carbocycles. The van der Waals surface area contributed by atoms with Crippen molar-refractivity contribution < 1.29 is 0 Å². The van der Waals surface area contributed by atoms with E-state index in [-0.39, 0.29) is 5.41 Å². The summed E-state index contributed by atoms with van der Waals surface area (Å²) in [5.74, 6) is 0. The molecule has 62 valence electrons. The van der Waals surface area contributed by atoms with Crippen molar-refractivity contribution in [3.05, 3.63) is 0 Å². The average Bonchev–Trinajstić information content (AvgIpc) is 1.95. The van der Waals surface area contributed by atoms with Gasteiger partial charge in [-0.05, 0) is 19.3 Å². The van der Waals surface area contributed by atoms with Crippen LogP contribution in [0.4, 0.5) is 0 Å². The molecule has 1 aliphatic rings. The van der Waals surface area contributed by atoms with Gasteiger partial charge in [0.1, 0.15) is 0 Å².